The maximum absolute atomic E-state index is 12.5. The number of hydrogen-bond donors (Lipinski definition) is 0. The number of hydrogen-bond acceptors (Lipinski definition) is 4. The molecule has 0 saturated heterocycles. The molecule has 144 valence electrons. The first-order chi connectivity index (χ1) is 13.0. The summed E-state index contributed by atoms with van der Waals surface area (Å²) in [5.74, 6) is 0.477. The molecule has 0 saturated carbocycles. The number of carbonyl (C=O) groups excluding carboxylic acids is 2. The van der Waals surface area contributed by atoms with Crippen molar-refractivity contribution in [3.63, 3.8) is 0 Å². The van der Waals surface area contributed by atoms with Gasteiger partial charge in [-0.2, -0.15) is 0 Å². The topological polar surface area (TPSA) is 34.1 Å². The van der Waals surface area contributed by atoms with Gasteiger partial charge in [0.15, 0.2) is 0 Å². The SMILES string of the molecule is CCC(=O)CCCC(=O)CC(Sc1ccc(C)cc1)Sc1ccc(C)cc1. The van der Waals surface area contributed by atoms with Crippen molar-refractivity contribution >= 4 is 35.1 Å². The molecular weight excluding hydrogens is 372 g/mol. The lowest BCUT2D eigenvalue weighted by Gasteiger charge is -2.16. The highest BCUT2D eigenvalue weighted by atomic mass is 32.2. The highest BCUT2D eigenvalue weighted by Gasteiger charge is 2.17. The van der Waals surface area contributed by atoms with Crippen molar-refractivity contribution in [2.45, 2.75) is 67.2 Å². The molecule has 0 atom stereocenters. The van der Waals surface area contributed by atoms with Crippen molar-refractivity contribution in [1.29, 1.82) is 0 Å². The number of carbonyl (C=O) groups is 2. The van der Waals surface area contributed by atoms with Crippen LogP contribution in [0.2, 0.25) is 0 Å². The number of thioether (sulfide) groups is 2. The van der Waals surface area contributed by atoms with Gasteiger partial charge in [-0.3, -0.25) is 9.59 Å². The van der Waals surface area contributed by atoms with Gasteiger partial charge in [0.05, 0.1) is 4.58 Å². The Kier molecular flexibility index (Phi) is 9.16. The van der Waals surface area contributed by atoms with Crippen LogP contribution in [0.15, 0.2) is 58.3 Å². The molecule has 0 heterocycles. The third-order valence-corrected chi connectivity index (χ3v) is 6.80. The van der Waals surface area contributed by atoms with Gasteiger partial charge >= 0.3 is 0 Å². The number of Topliss-reactive ketones (excluding diaryl/α,β-unsaturated/α-hetero) is 2. The zero-order valence-electron chi connectivity index (χ0n) is 16.4. The highest BCUT2D eigenvalue weighted by molar-refractivity contribution is 8.17. The second kappa shape index (κ2) is 11.4. The monoisotopic (exact) mass is 400 g/mol. The van der Waals surface area contributed by atoms with E-state index in [9.17, 15) is 9.59 Å². The van der Waals surface area contributed by atoms with E-state index in [2.05, 4.69) is 62.4 Å². The molecule has 0 aliphatic rings. The quantitative estimate of drug-likeness (QED) is 0.313. The standard InChI is InChI=1S/C23H28O2S2/c1-4-19(24)6-5-7-20(25)16-23(26-21-12-8-17(2)9-13-21)27-22-14-10-18(3)11-15-22/h8-15,23H,4-7,16H2,1-3H3. The predicted octanol–water partition coefficient (Wildman–Crippen LogP) is 6.62. The molecule has 0 N–H and O–H groups in total. The molecule has 0 bridgehead atoms. The maximum atomic E-state index is 12.5. The predicted molar refractivity (Wildman–Crippen MR) is 117 cm³/mol. The van der Waals surface area contributed by atoms with Gasteiger partial charge in [-0.05, 0) is 44.5 Å². The first-order valence-electron chi connectivity index (χ1n) is 9.46. The van der Waals surface area contributed by atoms with E-state index < -0.39 is 0 Å². The lowest BCUT2D eigenvalue weighted by molar-refractivity contribution is -0.120. The Hall–Kier alpha value is -1.52. The van der Waals surface area contributed by atoms with Crippen molar-refractivity contribution in [2.75, 3.05) is 0 Å². The first-order valence-corrected chi connectivity index (χ1v) is 11.2. The minimum Gasteiger partial charge on any atom is -0.300 e. The largest absolute Gasteiger partial charge is 0.300 e. The van der Waals surface area contributed by atoms with Crippen LogP contribution in [0, 0.1) is 13.8 Å². The van der Waals surface area contributed by atoms with Crippen LogP contribution in [0.3, 0.4) is 0 Å². The fraction of sp³-hybridized carbons (Fsp3) is 0.391. The van der Waals surface area contributed by atoms with E-state index in [1.165, 1.54) is 20.9 Å². The maximum Gasteiger partial charge on any atom is 0.134 e. The van der Waals surface area contributed by atoms with E-state index in [1.807, 2.05) is 6.92 Å². The van der Waals surface area contributed by atoms with Gasteiger partial charge in [0, 0.05) is 35.5 Å². The van der Waals surface area contributed by atoms with Crippen molar-refractivity contribution in [3.05, 3.63) is 59.7 Å². The summed E-state index contributed by atoms with van der Waals surface area (Å²) in [6.45, 7) is 6.03. The number of aryl methyl sites for hydroxylation is 2. The normalized spacial score (nSPS) is 11.0. The van der Waals surface area contributed by atoms with Gasteiger partial charge in [-0.15, -0.1) is 23.5 Å². The summed E-state index contributed by atoms with van der Waals surface area (Å²) >= 11 is 3.49. The number of rotatable bonds is 11. The number of ketones is 2. The second-order valence-electron chi connectivity index (χ2n) is 6.78. The minimum atomic E-state index is 0.129. The molecule has 0 aliphatic heterocycles. The Morgan fingerprint density at radius 2 is 1.22 bits per heavy atom. The molecule has 0 amide bonds. The van der Waals surface area contributed by atoms with Crippen LogP contribution in [-0.4, -0.2) is 16.1 Å². The Balaban J connectivity index is 1.99. The molecule has 2 rings (SSSR count). The third-order valence-electron chi connectivity index (χ3n) is 4.28. The Bertz CT molecular complexity index is 688. The summed E-state index contributed by atoms with van der Waals surface area (Å²) in [6.07, 6.45) is 2.75. The van der Waals surface area contributed by atoms with E-state index in [-0.39, 0.29) is 16.1 Å². The summed E-state index contributed by atoms with van der Waals surface area (Å²) in [5.41, 5.74) is 2.47. The molecule has 27 heavy (non-hydrogen) atoms. The van der Waals surface area contributed by atoms with Gasteiger partial charge < -0.3 is 0 Å². The van der Waals surface area contributed by atoms with Crippen molar-refractivity contribution in [2.24, 2.45) is 0 Å². The molecule has 0 radical (unpaired) electrons. The Labute approximate surface area is 171 Å². The number of benzene rings is 2. The summed E-state index contributed by atoms with van der Waals surface area (Å²) in [6, 6.07) is 16.9. The Morgan fingerprint density at radius 3 is 1.67 bits per heavy atom. The second-order valence-corrected chi connectivity index (χ2v) is 9.63. The van der Waals surface area contributed by atoms with Crippen LogP contribution < -0.4 is 0 Å². The molecule has 0 unspecified atom stereocenters. The summed E-state index contributed by atoms with van der Waals surface area (Å²) in [5, 5.41) is 0. The Morgan fingerprint density at radius 1 is 0.778 bits per heavy atom. The van der Waals surface area contributed by atoms with Crippen LogP contribution in [0.25, 0.3) is 0 Å². The highest BCUT2D eigenvalue weighted by Crippen LogP contribution is 2.38. The van der Waals surface area contributed by atoms with Crippen molar-refractivity contribution in [3.8, 4) is 0 Å². The third kappa shape index (κ3) is 8.35. The molecule has 4 heteroatoms. The van der Waals surface area contributed by atoms with Gasteiger partial charge in [-0.1, -0.05) is 42.3 Å². The average molecular weight is 401 g/mol. The van der Waals surface area contributed by atoms with Gasteiger partial charge in [0.1, 0.15) is 11.6 Å². The van der Waals surface area contributed by atoms with E-state index in [4.69, 9.17) is 0 Å². The first kappa shape index (κ1) is 21.8. The molecule has 2 aromatic rings. The van der Waals surface area contributed by atoms with Crippen LogP contribution in [-0.2, 0) is 9.59 Å². The van der Waals surface area contributed by atoms with Crippen LogP contribution in [0.1, 0.15) is 50.2 Å². The zero-order chi connectivity index (χ0) is 19.6. The van der Waals surface area contributed by atoms with Gasteiger partial charge in [0.25, 0.3) is 0 Å². The molecular formula is C23H28O2S2. The summed E-state index contributed by atoms with van der Waals surface area (Å²) < 4.78 is 0.129. The fourth-order valence-electron chi connectivity index (χ4n) is 2.59. The van der Waals surface area contributed by atoms with Gasteiger partial charge in [-0.25, -0.2) is 0 Å². The van der Waals surface area contributed by atoms with E-state index in [0.29, 0.717) is 32.1 Å². The summed E-state index contributed by atoms with van der Waals surface area (Å²) in [4.78, 5) is 26.3. The van der Waals surface area contributed by atoms with Gasteiger partial charge in [0.2, 0.25) is 0 Å². The van der Waals surface area contributed by atoms with E-state index in [1.54, 1.807) is 23.5 Å². The van der Waals surface area contributed by atoms with Crippen LogP contribution >= 0.6 is 23.5 Å². The average Bonchev–Trinajstić information content (AvgIpc) is 2.65. The molecule has 0 spiro atoms. The lowest BCUT2D eigenvalue weighted by Crippen LogP contribution is -2.08. The smallest absolute Gasteiger partial charge is 0.134 e. The van der Waals surface area contributed by atoms with Crippen molar-refractivity contribution in [1.82, 2.24) is 0 Å². The van der Waals surface area contributed by atoms with Crippen LogP contribution in [0.4, 0.5) is 0 Å². The summed E-state index contributed by atoms with van der Waals surface area (Å²) in [7, 11) is 0. The molecule has 0 aromatic heterocycles. The van der Waals surface area contributed by atoms with Crippen molar-refractivity contribution < 1.29 is 9.59 Å². The van der Waals surface area contributed by atoms with Crippen LogP contribution in [0.5, 0.6) is 0 Å². The van der Waals surface area contributed by atoms with E-state index >= 15 is 0 Å². The molecule has 2 nitrogen and oxygen atoms in total. The molecule has 0 aliphatic carbocycles. The zero-order valence-corrected chi connectivity index (χ0v) is 18.0. The molecule has 0 fully saturated rings. The van der Waals surface area contributed by atoms with E-state index in [0.717, 1.165) is 0 Å². The minimum absolute atomic E-state index is 0.129. The lowest BCUT2D eigenvalue weighted by atomic mass is 10.1. The molecule has 2 aromatic carbocycles. The fourth-order valence-corrected chi connectivity index (χ4v) is 5.18.